The van der Waals surface area contributed by atoms with Crippen LogP contribution in [-0.4, -0.2) is 8.42 Å². The van der Waals surface area contributed by atoms with Crippen LogP contribution in [0.25, 0.3) is 0 Å². The van der Waals surface area contributed by atoms with E-state index in [2.05, 4.69) is 0 Å². The summed E-state index contributed by atoms with van der Waals surface area (Å²) in [7, 11) is -3.92. The third-order valence-electron chi connectivity index (χ3n) is 2.29. The molecular formula is C12H9Cl2NO3S. The van der Waals surface area contributed by atoms with Gasteiger partial charge in [0.05, 0.1) is 5.02 Å². The van der Waals surface area contributed by atoms with E-state index >= 15 is 0 Å². The lowest BCUT2D eigenvalue weighted by Crippen LogP contribution is -2.12. The summed E-state index contributed by atoms with van der Waals surface area (Å²) >= 11 is 11.9. The summed E-state index contributed by atoms with van der Waals surface area (Å²) in [4.78, 5) is -0.237. The van der Waals surface area contributed by atoms with Gasteiger partial charge in [0.2, 0.25) is 10.0 Å². The molecule has 0 aliphatic heterocycles. The highest BCUT2D eigenvalue weighted by molar-refractivity contribution is 7.89. The molecule has 0 spiro atoms. The first-order chi connectivity index (χ1) is 8.89. The summed E-state index contributed by atoms with van der Waals surface area (Å²) in [5.41, 5.74) is 0. The van der Waals surface area contributed by atoms with Crippen molar-refractivity contribution < 1.29 is 13.2 Å². The summed E-state index contributed by atoms with van der Waals surface area (Å²) in [5, 5.41) is 4.86. The number of hydrogen-bond donors (Lipinski definition) is 1. The van der Waals surface area contributed by atoms with Gasteiger partial charge in [-0.15, -0.1) is 0 Å². The molecule has 7 heteroatoms. The van der Waals surface area contributed by atoms with Gasteiger partial charge in [-0.25, -0.2) is 13.6 Å². The van der Waals surface area contributed by atoms with Crippen molar-refractivity contribution in [2.24, 2.45) is 5.14 Å². The van der Waals surface area contributed by atoms with Crippen molar-refractivity contribution in [1.29, 1.82) is 0 Å². The van der Waals surface area contributed by atoms with Crippen molar-refractivity contribution in [2.45, 2.75) is 4.90 Å². The van der Waals surface area contributed by atoms with Crippen LogP contribution in [0.1, 0.15) is 0 Å². The quantitative estimate of drug-likeness (QED) is 0.942. The standard InChI is InChI=1S/C12H9Cl2NO3S/c13-11-9(18-8-4-2-1-3-5-8)6-7-10(12(11)14)19(15,16)17/h1-7H,(H2,15,16,17). The fourth-order valence-electron chi connectivity index (χ4n) is 1.43. The Balaban J connectivity index is 2.43. The van der Waals surface area contributed by atoms with E-state index < -0.39 is 10.0 Å². The lowest BCUT2D eigenvalue weighted by molar-refractivity contribution is 0.482. The van der Waals surface area contributed by atoms with Gasteiger partial charge >= 0.3 is 0 Å². The van der Waals surface area contributed by atoms with Gasteiger partial charge < -0.3 is 4.74 Å². The van der Waals surface area contributed by atoms with Crippen molar-refractivity contribution in [3.63, 3.8) is 0 Å². The number of rotatable bonds is 3. The molecule has 2 rings (SSSR count). The summed E-state index contributed by atoms with van der Waals surface area (Å²) in [6, 6.07) is 11.6. The van der Waals surface area contributed by atoms with E-state index in [0.717, 1.165) is 0 Å². The average Bonchev–Trinajstić information content (AvgIpc) is 2.35. The van der Waals surface area contributed by atoms with E-state index in [1.54, 1.807) is 24.3 Å². The lowest BCUT2D eigenvalue weighted by Gasteiger charge is -2.10. The second-order valence-electron chi connectivity index (χ2n) is 3.65. The Labute approximate surface area is 120 Å². The molecule has 19 heavy (non-hydrogen) atoms. The first kappa shape index (κ1) is 14.1. The molecule has 0 saturated heterocycles. The predicted octanol–water partition coefficient (Wildman–Crippen LogP) is 3.43. The highest BCUT2D eigenvalue weighted by Gasteiger charge is 2.18. The zero-order valence-corrected chi connectivity index (χ0v) is 11.8. The Morgan fingerprint density at radius 1 is 0.947 bits per heavy atom. The van der Waals surface area contributed by atoms with E-state index in [4.69, 9.17) is 33.1 Å². The van der Waals surface area contributed by atoms with Crippen molar-refractivity contribution in [3.05, 3.63) is 52.5 Å². The van der Waals surface area contributed by atoms with Gasteiger partial charge in [-0.3, -0.25) is 0 Å². The monoisotopic (exact) mass is 317 g/mol. The largest absolute Gasteiger partial charge is 0.456 e. The number of primary sulfonamides is 1. The summed E-state index contributed by atoms with van der Waals surface area (Å²) in [6.45, 7) is 0. The molecule has 0 radical (unpaired) electrons. The Kier molecular flexibility index (Phi) is 4.01. The van der Waals surface area contributed by atoms with Gasteiger partial charge in [-0.05, 0) is 24.3 Å². The normalized spacial score (nSPS) is 11.3. The Morgan fingerprint density at radius 2 is 1.58 bits per heavy atom. The van der Waals surface area contributed by atoms with Crippen molar-refractivity contribution in [1.82, 2.24) is 0 Å². The zero-order valence-electron chi connectivity index (χ0n) is 9.51. The molecule has 2 aromatic carbocycles. The van der Waals surface area contributed by atoms with Crippen LogP contribution >= 0.6 is 23.2 Å². The molecule has 0 amide bonds. The van der Waals surface area contributed by atoms with E-state index in [-0.39, 0.29) is 20.7 Å². The zero-order chi connectivity index (χ0) is 14.0. The molecule has 0 heterocycles. The Hall–Kier alpha value is -1.27. The minimum atomic E-state index is -3.92. The SMILES string of the molecule is NS(=O)(=O)c1ccc(Oc2ccccc2)c(Cl)c1Cl. The van der Waals surface area contributed by atoms with Crippen LogP contribution in [0.5, 0.6) is 11.5 Å². The average molecular weight is 318 g/mol. The van der Waals surface area contributed by atoms with Crippen molar-refractivity contribution >= 4 is 33.2 Å². The molecule has 0 bridgehead atoms. The maximum Gasteiger partial charge on any atom is 0.239 e. The fourth-order valence-corrected chi connectivity index (χ4v) is 2.78. The lowest BCUT2D eigenvalue weighted by atomic mass is 10.3. The molecule has 0 unspecified atom stereocenters. The topological polar surface area (TPSA) is 69.4 Å². The van der Waals surface area contributed by atoms with E-state index in [1.807, 2.05) is 6.07 Å². The van der Waals surface area contributed by atoms with Gasteiger partial charge in [-0.1, -0.05) is 41.4 Å². The van der Waals surface area contributed by atoms with Crippen LogP contribution in [0.3, 0.4) is 0 Å². The third-order valence-corrected chi connectivity index (χ3v) is 4.22. The molecule has 0 aromatic heterocycles. The summed E-state index contributed by atoms with van der Waals surface area (Å²) < 4.78 is 28.0. The van der Waals surface area contributed by atoms with Crippen LogP contribution < -0.4 is 9.88 Å². The maximum atomic E-state index is 11.3. The number of sulfonamides is 1. The predicted molar refractivity (Wildman–Crippen MR) is 74.4 cm³/mol. The number of para-hydroxylation sites is 1. The smallest absolute Gasteiger partial charge is 0.239 e. The summed E-state index contributed by atoms with van der Waals surface area (Å²) in [5.74, 6) is 0.814. The van der Waals surface area contributed by atoms with Gasteiger partial charge in [0.1, 0.15) is 21.4 Å². The molecule has 0 fully saturated rings. The Bertz CT molecular complexity index is 702. The number of halogens is 2. The molecule has 0 saturated carbocycles. The first-order valence-corrected chi connectivity index (χ1v) is 7.43. The molecule has 0 aliphatic carbocycles. The Morgan fingerprint density at radius 3 is 2.16 bits per heavy atom. The maximum absolute atomic E-state index is 11.3. The molecular weight excluding hydrogens is 309 g/mol. The van der Waals surface area contributed by atoms with Crippen LogP contribution in [0.15, 0.2) is 47.4 Å². The van der Waals surface area contributed by atoms with Gasteiger partial charge in [0, 0.05) is 0 Å². The number of benzene rings is 2. The van der Waals surface area contributed by atoms with Crippen molar-refractivity contribution in [2.75, 3.05) is 0 Å². The molecule has 100 valence electrons. The number of nitrogens with two attached hydrogens (primary N) is 1. The highest BCUT2D eigenvalue weighted by atomic mass is 35.5. The van der Waals surface area contributed by atoms with Gasteiger partial charge in [-0.2, -0.15) is 0 Å². The minimum absolute atomic E-state index is 0.00274. The van der Waals surface area contributed by atoms with E-state index in [1.165, 1.54) is 12.1 Å². The van der Waals surface area contributed by atoms with Crippen LogP contribution in [-0.2, 0) is 10.0 Å². The van der Waals surface area contributed by atoms with Crippen LogP contribution in [0.4, 0.5) is 0 Å². The third kappa shape index (κ3) is 3.19. The van der Waals surface area contributed by atoms with Crippen LogP contribution in [0.2, 0.25) is 10.0 Å². The summed E-state index contributed by atoms with van der Waals surface area (Å²) in [6.07, 6.45) is 0. The molecule has 2 N–H and O–H groups in total. The van der Waals surface area contributed by atoms with E-state index in [9.17, 15) is 8.42 Å². The molecule has 4 nitrogen and oxygen atoms in total. The molecule has 0 atom stereocenters. The second-order valence-corrected chi connectivity index (χ2v) is 5.94. The van der Waals surface area contributed by atoms with Crippen LogP contribution in [0, 0.1) is 0 Å². The molecule has 2 aromatic rings. The van der Waals surface area contributed by atoms with Gasteiger partial charge in [0.15, 0.2) is 0 Å². The minimum Gasteiger partial charge on any atom is -0.456 e. The number of hydrogen-bond acceptors (Lipinski definition) is 3. The van der Waals surface area contributed by atoms with E-state index in [0.29, 0.717) is 5.75 Å². The van der Waals surface area contributed by atoms with Crippen molar-refractivity contribution in [3.8, 4) is 11.5 Å². The number of ether oxygens (including phenoxy) is 1. The molecule has 0 aliphatic rings. The van der Waals surface area contributed by atoms with Gasteiger partial charge in [0.25, 0.3) is 0 Å². The first-order valence-electron chi connectivity index (χ1n) is 5.13. The highest BCUT2D eigenvalue weighted by Crippen LogP contribution is 2.38. The fraction of sp³-hybridized carbons (Fsp3) is 0. The second kappa shape index (κ2) is 5.38.